The van der Waals surface area contributed by atoms with Crippen LogP contribution >= 0.6 is 23.6 Å². The van der Waals surface area contributed by atoms with E-state index in [1.807, 2.05) is 0 Å². The van der Waals surface area contributed by atoms with Gasteiger partial charge in [0.15, 0.2) is 5.11 Å². The molecular weight excluding hydrogens is 442 g/mol. The number of carbonyl (C=O) groups is 1. The lowest BCUT2D eigenvalue weighted by Crippen LogP contribution is -2.28. The van der Waals surface area contributed by atoms with Crippen LogP contribution in [0, 0.1) is 0 Å². The molecule has 1 heterocycles. The highest BCUT2D eigenvalue weighted by Crippen LogP contribution is 2.38. The molecule has 7 nitrogen and oxygen atoms in total. The number of ether oxygens (including phenoxy) is 1. The third-order valence-electron chi connectivity index (χ3n) is 4.83. The first-order valence-electron chi connectivity index (χ1n) is 9.78. The summed E-state index contributed by atoms with van der Waals surface area (Å²) in [5, 5.41) is 12.5. The fourth-order valence-electron chi connectivity index (χ4n) is 3.38. The quantitative estimate of drug-likeness (QED) is 0.339. The van der Waals surface area contributed by atoms with Crippen molar-refractivity contribution in [2.24, 2.45) is 5.14 Å². The van der Waals surface area contributed by atoms with E-state index < -0.39 is 10.0 Å². The van der Waals surface area contributed by atoms with Gasteiger partial charge in [-0.2, -0.15) is 0 Å². The summed E-state index contributed by atoms with van der Waals surface area (Å²) in [5.74, 6) is -0.319. The summed E-state index contributed by atoms with van der Waals surface area (Å²) in [5.41, 5.74) is 2.53. The van der Waals surface area contributed by atoms with Crippen molar-refractivity contribution in [1.29, 1.82) is 0 Å². The maximum atomic E-state index is 12.6. The molecule has 1 aromatic carbocycles. The highest BCUT2D eigenvalue weighted by Gasteiger charge is 2.26. The van der Waals surface area contributed by atoms with Gasteiger partial charge in [0.1, 0.15) is 5.00 Å². The van der Waals surface area contributed by atoms with E-state index in [9.17, 15) is 13.2 Å². The monoisotopic (exact) mass is 467 g/mol. The number of esters is 1. The molecule has 0 fully saturated rings. The molecule has 0 atom stereocenters. The van der Waals surface area contributed by atoms with E-state index in [0.29, 0.717) is 28.8 Å². The number of rotatable bonds is 6. The smallest absolute Gasteiger partial charge is 0.341 e. The fraction of sp³-hybridized carbons (Fsp3) is 0.400. The second-order valence-corrected chi connectivity index (χ2v) is 10.1. The number of carbonyl (C=O) groups excluding carboxylic acids is 1. The van der Waals surface area contributed by atoms with Gasteiger partial charge in [0.25, 0.3) is 0 Å². The third kappa shape index (κ3) is 5.57. The van der Waals surface area contributed by atoms with Crippen LogP contribution in [0.1, 0.15) is 52.5 Å². The van der Waals surface area contributed by atoms with Crippen molar-refractivity contribution in [2.45, 2.75) is 50.5 Å². The van der Waals surface area contributed by atoms with Gasteiger partial charge in [-0.15, -0.1) is 11.3 Å². The molecule has 0 aliphatic heterocycles. The van der Waals surface area contributed by atoms with E-state index >= 15 is 0 Å². The minimum absolute atomic E-state index is 0.0612. The number of sulfonamides is 1. The van der Waals surface area contributed by atoms with Gasteiger partial charge in [0.2, 0.25) is 10.0 Å². The first kappa shape index (κ1) is 22.7. The molecule has 4 N–H and O–H groups in total. The third-order valence-corrected chi connectivity index (χ3v) is 7.22. The first-order chi connectivity index (χ1) is 14.3. The summed E-state index contributed by atoms with van der Waals surface area (Å²) in [6.45, 7) is 2.51. The van der Waals surface area contributed by atoms with E-state index in [-0.39, 0.29) is 10.9 Å². The maximum Gasteiger partial charge on any atom is 0.341 e. The summed E-state index contributed by atoms with van der Waals surface area (Å²) in [7, 11) is -3.71. The van der Waals surface area contributed by atoms with Crippen molar-refractivity contribution in [2.75, 3.05) is 11.9 Å². The number of thiocarbonyl (C=S) groups is 1. The Balaban J connectivity index is 1.71. The lowest BCUT2D eigenvalue weighted by molar-refractivity contribution is 0.0527. The summed E-state index contributed by atoms with van der Waals surface area (Å²) < 4.78 is 28.0. The standard InChI is InChI=1S/C20H25N3O4S3/c1-2-27-19(24)17-15-6-4-3-5-7-16(15)29-18(17)23-20(28)22-12-13-8-10-14(11-9-13)30(21,25)26/h8-11H,2-7,12H2,1H3,(H2,21,25,26)(H2,22,23,28). The number of aryl methyl sites for hydroxylation is 1. The van der Waals surface area contributed by atoms with E-state index in [1.54, 1.807) is 30.4 Å². The number of thiophene rings is 1. The Labute approximate surface area is 186 Å². The summed E-state index contributed by atoms with van der Waals surface area (Å²) >= 11 is 6.98. The fourth-order valence-corrected chi connectivity index (χ4v) is 5.41. The maximum absolute atomic E-state index is 12.6. The van der Waals surface area contributed by atoms with Gasteiger partial charge in [-0.3, -0.25) is 0 Å². The van der Waals surface area contributed by atoms with Crippen LogP contribution in [0.15, 0.2) is 29.2 Å². The summed E-state index contributed by atoms with van der Waals surface area (Å²) in [6.07, 6.45) is 5.18. The Morgan fingerprint density at radius 3 is 2.57 bits per heavy atom. The van der Waals surface area contributed by atoms with Crippen molar-refractivity contribution in [3.63, 3.8) is 0 Å². The molecule has 1 aliphatic rings. The van der Waals surface area contributed by atoms with Crippen LogP contribution in [-0.4, -0.2) is 26.1 Å². The average Bonchev–Trinajstić information content (AvgIpc) is 2.86. The molecule has 1 aromatic heterocycles. The lowest BCUT2D eigenvalue weighted by atomic mass is 10.1. The molecule has 0 saturated heterocycles. The van der Waals surface area contributed by atoms with Gasteiger partial charge < -0.3 is 15.4 Å². The Hall–Kier alpha value is -2.01. The van der Waals surface area contributed by atoms with Crippen LogP contribution < -0.4 is 15.8 Å². The lowest BCUT2D eigenvalue weighted by Gasteiger charge is -2.12. The normalized spacial score (nSPS) is 13.8. The van der Waals surface area contributed by atoms with Gasteiger partial charge in [0, 0.05) is 11.4 Å². The molecule has 0 saturated carbocycles. The SMILES string of the molecule is CCOC(=O)c1c(NC(=S)NCc2ccc(S(N)(=O)=O)cc2)sc2c1CCCCC2. The zero-order chi connectivity index (χ0) is 21.7. The Bertz CT molecular complexity index is 1030. The molecule has 0 unspecified atom stereocenters. The van der Waals surface area contributed by atoms with E-state index in [0.717, 1.165) is 43.2 Å². The molecule has 10 heteroatoms. The van der Waals surface area contributed by atoms with Crippen molar-refractivity contribution >= 4 is 49.7 Å². The first-order valence-corrected chi connectivity index (χ1v) is 12.5. The molecule has 0 bridgehead atoms. The van der Waals surface area contributed by atoms with Crippen molar-refractivity contribution in [3.05, 3.63) is 45.8 Å². The van der Waals surface area contributed by atoms with Crippen LogP contribution in [0.2, 0.25) is 0 Å². The van der Waals surface area contributed by atoms with Crippen LogP contribution in [0.3, 0.4) is 0 Å². The largest absolute Gasteiger partial charge is 0.462 e. The number of nitrogens with one attached hydrogen (secondary N) is 2. The number of nitrogens with two attached hydrogens (primary N) is 1. The Kier molecular flexibility index (Phi) is 7.45. The molecule has 30 heavy (non-hydrogen) atoms. The molecule has 2 aromatic rings. The number of hydrogen-bond donors (Lipinski definition) is 3. The van der Waals surface area contributed by atoms with Crippen LogP contribution in [-0.2, 0) is 34.1 Å². The van der Waals surface area contributed by atoms with Crippen LogP contribution in [0.25, 0.3) is 0 Å². The zero-order valence-corrected chi connectivity index (χ0v) is 19.1. The van der Waals surface area contributed by atoms with Crippen LogP contribution in [0.5, 0.6) is 0 Å². The second-order valence-electron chi connectivity index (χ2n) is 6.99. The topological polar surface area (TPSA) is 111 Å². The molecule has 162 valence electrons. The predicted octanol–water partition coefficient (Wildman–Crippen LogP) is 3.33. The van der Waals surface area contributed by atoms with E-state index in [1.165, 1.54) is 17.0 Å². The number of anilines is 1. The number of primary sulfonamides is 1. The second kappa shape index (κ2) is 9.86. The average molecular weight is 468 g/mol. The molecule has 3 rings (SSSR count). The highest BCUT2D eigenvalue weighted by atomic mass is 32.2. The van der Waals surface area contributed by atoms with Crippen molar-refractivity contribution < 1.29 is 17.9 Å². The number of fused-ring (bicyclic) bond motifs is 1. The number of hydrogen-bond acceptors (Lipinski definition) is 6. The molecular formula is C20H25N3O4S3. The molecule has 0 radical (unpaired) electrons. The van der Waals surface area contributed by atoms with E-state index in [4.69, 9.17) is 22.1 Å². The van der Waals surface area contributed by atoms with E-state index in [2.05, 4.69) is 10.6 Å². The van der Waals surface area contributed by atoms with Crippen LogP contribution in [0.4, 0.5) is 5.00 Å². The van der Waals surface area contributed by atoms with Crippen molar-refractivity contribution in [1.82, 2.24) is 5.32 Å². The molecule has 1 aliphatic carbocycles. The minimum atomic E-state index is -3.71. The summed E-state index contributed by atoms with van der Waals surface area (Å²) in [4.78, 5) is 13.9. The van der Waals surface area contributed by atoms with Gasteiger partial charge in [-0.1, -0.05) is 18.6 Å². The predicted molar refractivity (Wildman–Crippen MR) is 122 cm³/mol. The summed E-state index contributed by atoms with van der Waals surface area (Å²) in [6, 6.07) is 6.26. The molecule has 0 spiro atoms. The van der Waals surface area contributed by atoms with Crippen molar-refractivity contribution in [3.8, 4) is 0 Å². The number of benzene rings is 1. The zero-order valence-electron chi connectivity index (χ0n) is 16.7. The highest BCUT2D eigenvalue weighted by molar-refractivity contribution is 7.89. The minimum Gasteiger partial charge on any atom is -0.462 e. The van der Waals surface area contributed by atoms with Gasteiger partial charge in [0.05, 0.1) is 17.1 Å². The van der Waals surface area contributed by atoms with Gasteiger partial charge in [-0.05, 0) is 68.1 Å². The van der Waals surface area contributed by atoms with Gasteiger partial charge >= 0.3 is 5.97 Å². The molecule has 0 amide bonds. The Morgan fingerprint density at radius 2 is 1.90 bits per heavy atom. The van der Waals surface area contributed by atoms with Gasteiger partial charge in [-0.25, -0.2) is 18.4 Å². The Morgan fingerprint density at radius 1 is 1.20 bits per heavy atom.